The molecular formula is C25H22N6O3S. The fourth-order valence-electron chi connectivity index (χ4n) is 4.20. The second-order valence-corrected chi connectivity index (χ2v) is 10.1. The summed E-state index contributed by atoms with van der Waals surface area (Å²) >= 11 is 0. The third-order valence-electron chi connectivity index (χ3n) is 6.10. The summed E-state index contributed by atoms with van der Waals surface area (Å²) in [4.78, 5) is 14.7. The van der Waals surface area contributed by atoms with Crippen LogP contribution < -0.4 is 0 Å². The molecule has 2 heterocycles. The first kappa shape index (κ1) is 22.7. The minimum atomic E-state index is -3.81. The fourth-order valence-corrected chi connectivity index (χ4v) is 5.76. The molecule has 0 unspecified atom stereocenters. The third kappa shape index (κ3) is 4.39. The second-order valence-electron chi connectivity index (χ2n) is 8.24. The number of amides is 1. The standard InChI is InChI=1S/C25H22N6O3S/c26-17-21-5-1-4-8-24(21)35(33,34)30-15-13-29(14-16-30)25(32)20-11-9-19(10-12-20)18-31-23-7-3-2-6-22(23)27-28-31/h1-12H,13-16,18H2. The van der Waals surface area contributed by atoms with E-state index in [2.05, 4.69) is 10.3 Å². The van der Waals surface area contributed by atoms with Gasteiger partial charge in [0.2, 0.25) is 10.0 Å². The number of hydrogen-bond acceptors (Lipinski definition) is 6. The van der Waals surface area contributed by atoms with Crippen molar-refractivity contribution in [2.24, 2.45) is 0 Å². The first-order valence-electron chi connectivity index (χ1n) is 11.1. The number of fused-ring (bicyclic) bond motifs is 1. The minimum Gasteiger partial charge on any atom is -0.336 e. The van der Waals surface area contributed by atoms with Crippen molar-refractivity contribution >= 4 is 27.0 Å². The van der Waals surface area contributed by atoms with E-state index in [-0.39, 0.29) is 42.5 Å². The Balaban J connectivity index is 1.24. The number of piperazine rings is 1. The lowest BCUT2D eigenvalue weighted by Crippen LogP contribution is -2.50. The summed E-state index contributed by atoms with van der Waals surface area (Å²) in [5, 5.41) is 17.6. The first-order valence-corrected chi connectivity index (χ1v) is 12.6. The minimum absolute atomic E-state index is 0.00183. The predicted octanol–water partition coefficient (Wildman–Crippen LogP) is 2.50. The number of benzene rings is 3. The topological polar surface area (TPSA) is 112 Å². The maximum atomic E-state index is 13.0. The molecule has 9 nitrogen and oxygen atoms in total. The van der Waals surface area contributed by atoms with Gasteiger partial charge in [0.15, 0.2) is 0 Å². The molecule has 0 bridgehead atoms. The largest absolute Gasteiger partial charge is 0.336 e. The van der Waals surface area contributed by atoms with Crippen molar-refractivity contribution < 1.29 is 13.2 Å². The van der Waals surface area contributed by atoms with Gasteiger partial charge in [0.25, 0.3) is 5.91 Å². The number of sulfonamides is 1. The number of carbonyl (C=O) groups is 1. The van der Waals surface area contributed by atoms with Gasteiger partial charge < -0.3 is 4.90 Å². The van der Waals surface area contributed by atoms with E-state index < -0.39 is 10.0 Å². The molecule has 1 amide bonds. The molecule has 4 aromatic rings. The van der Waals surface area contributed by atoms with E-state index >= 15 is 0 Å². The molecular weight excluding hydrogens is 464 g/mol. The van der Waals surface area contributed by atoms with E-state index in [1.807, 2.05) is 47.1 Å². The van der Waals surface area contributed by atoms with E-state index in [9.17, 15) is 18.5 Å². The average Bonchev–Trinajstić information content (AvgIpc) is 3.31. The highest BCUT2D eigenvalue weighted by Crippen LogP contribution is 2.22. The van der Waals surface area contributed by atoms with Gasteiger partial charge in [-0.15, -0.1) is 5.10 Å². The molecule has 5 rings (SSSR count). The van der Waals surface area contributed by atoms with Gasteiger partial charge >= 0.3 is 0 Å². The van der Waals surface area contributed by atoms with Gasteiger partial charge in [0.1, 0.15) is 11.6 Å². The Bertz CT molecular complexity index is 1530. The fraction of sp³-hybridized carbons (Fsp3) is 0.200. The van der Waals surface area contributed by atoms with Crippen molar-refractivity contribution in [3.8, 4) is 6.07 Å². The van der Waals surface area contributed by atoms with Crippen molar-refractivity contribution in [2.45, 2.75) is 11.4 Å². The van der Waals surface area contributed by atoms with E-state index in [4.69, 9.17) is 0 Å². The monoisotopic (exact) mass is 486 g/mol. The van der Waals surface area contributed by atoms with Crippen LogP contribution in [0.3, 0.4) is 0 Å². The van der Waals surface area contributed by atoms with Crippen LogP contribution in [0.2, 0.25) is 0 Å². The highest BCUT2D eigenvalue weighted by atomic mass is 32.2. The number of para-hydroxylation sites is 1. The number of nitrogens with zero attached hydrogens (tertiary/aromatic N) is 6. The van der Waals surface area contributed by atoms with Crippen LogP contribution in [0.25, 0.3) is 11.0 Å². The van der Waals surface area contributed by atoms with Crippen molar-refractivity contribution in [3.05, 3.63) is 89.5 Å². The Morgan fingerprint density at radius 3 is 2.34 bits per heavy atom. The summed E-state index contributed by atoms with van der Waals surface area (Å²) in [6, 6.07) is 23.2. The number of carbonyl (C=O) groups excluding carboxylic acids is 1. The molecule has 1 fully saturated rings. The molecule has 10 heteroatoms. The Labute approximate surface area is 202 Å². The summed E-state index contributed by atoms with van der Waals surface area (Å²) in [6.07, 6.45) is 0. The molecule has 0 spiro atoms. The van der Waals surface area contributed by atoms with Gasteiger partial charge in [0.05, 0.1) is 22.5 Å². The molecule has 0 radical (unpaired) electrons. The quantitative estimate of drug-likeness (QED) is 0.428. The Morgan fingerprint density at radius 1 is 0.914 bits per heavy atom. The zero-order valence-electron chi connectivity index (χ0n) is 18.8. The molecule has 1 saturated heterocycles. The highest BCUT2D eigenvalue weighted by molar-refractivity contribution is 7.89. The third-order valence-corrected chi connectivity index (χ3v) is 8.06. The normalized spacial score (nSPS) is 14.7. The van der Waals surface area contributed by atoms with Crippen molar-refractivity contribution in [3.63, 3.8) is 0 Å². The molecule has 1 aliphatic heterocycles. The second kappa shape index (κ2) is 9.29. The van der Waals surface area contributed by atoms with Crippen molar-refractivity contribution in [2.75, 3.05) is 26.2 Å². The molecule has 3 aromatic carbocycles. The molecule has 0 saturated carbocycles. The van der Waals surface area contributed by atoms with E-state index in [1.165, 1.54) is 16.4 Å². The highest BCUT2D eigenvalue weighted by Gasteiger charge is 2.31. The van der Waals surface area contributed by atoms with Crippen molar-refractivity contribution in [1.82, 2.24) is 24.2 Å². The number of rotatable bonds is 5. The zero-order valence-corrected chi connectivity index (χ0v) is 19.6. The van der Waals surface area contributed by atoms with Crippen LogP contribution in [0, 0.1) is 11.3 Å². The van der Waals surface area contributed by atoms with Gasteiger partial charge in [-0.3, -0.25) is 4.79 Å². The Hall–Kier alpha value is -4.07. The Kier molecular flexibility index (Phi) is 6.03. The molecule has 35 heavy (non-hydrogen) atoms. The van der Waals surface area contributed by atoms with Crippen LogP contribution in [-0.4, -0.2) is 64.7 Å². The Morgan fingerprint density at radius 2 is 1.60 bits per heavy atom. The zero-order chi connectivity index (χ0) is 24.4. The van der Waals surface area contributed by atoms with E-state index in [0.29, 0.717) is 12.1 Å². The average molecular weight is 487 g/mol. The number of aromatic nitrogens is 3. The molecule has 0 aliphatic carbocycles. The van der Waals surface area contributed by atoms with Crippen LogP contribution in [0.1, 0.15) is 21.5 Å². The van der Waals surface area contributed by atoms with Gasteiger partial charge in [-0.25, -0.2) is 13.1 Å². The summed E-state index contributed by atoms with van der Waals surface area (Å²) < 4.78 is 29.2. The lowest BCUT2D eigenvalue weighted by atomic mass is 10.1. The van der Waals surface area contributed by atoms with Crippen LogP contribution >= 0.6 is 0 Å². The van der Waals surface area contributed by atoms with E-state index in [1.54, 1.807) is 29.2 Å². The van der Waals surface area contributed by atoms with Crippen LogP contribution in [-0.2, 0) is 16.6 Å². The van der Waals surface area contributed by atoms with Crippen molar-refractivity contribution in [1.29, 1.82) is 5.26 Å². The molecule has 1 aromatic heterocycles. The maximum Gasteiger partial charge on any atom is 0.253 e. The lowest BCUT2D eigenvalue weighted by Gasteiger charge is -2.34. The van der Waals surface area contributed by atoms with Crippen LogP contribution in [0.4, 0.5) is 0 Å². The smallest absolute Gasteiger partial charge is 0.253 e. The van der Waals surface area contributed by atoms with Crippen LogP contribution in [0.15, 0.2) is 77.7 Å². The van der Waals surface area contributed by atoms with Gasteiger partial charge in [-0.05, 0) is 42.0 Å². The summed E-state index contributed by atoms with van der Waals surface area (Å²) in [7, 11) is -3.81. The summed E-state index contributed by atoms with van der Waals surface area (Å²) in [6.45, 7) is 1.44. The summed E-state index contributed by atoms with van der Waals surface area (Å²) in [5.41, 5.74) is 3.42. The molecule has 1 aliphatic rings. The molecule has 0 atom stereocenters. The predicted molar refractivity (Wildman–Crippen MR) is 129 cm³/mol. The first-order chi connectivity index (χ1) is 17.0. The van der Waals surface area contributed by atoms with Gasteiger partial charge in [-0.2, -0.15) is 9.57 Å². The number of nitriles is 1. The molecule has 176 valence electrons. The lowest BCUT2D eigenvalue weighted by molar-refractivity contribution is 0.0698. The van der Waals surface area contributed by atoms with Gasteiger partial charge in [-0.1, -0.05) is 41.6 Å². The SMILES string of the molecule is N#Cc1ccccc1S(=O)(=O)N1CCN(C(=O)c2ccc(Cn3nnc4ccccc43)cc2)CC1. The maximum absolute atomic E-state index is 13.0. The summed E-state index contributed by atoms with van der Waals surface area (Å²) in [5.74, 6) is -0.141. The number of hydrogen-bond donors (Lipinski definition) is 0. The van der Waals surface area contributed by atoms with Crippen LogP contribution in [0.5, 0.6) is 0 Å². The molecule has 0 N–H and O–H groups in total. The van der Waals surface area contributed by atoms with E-state index in [0.717, 1.165) is 16.6 Å². The van der Waals surface area contributed by atoms with Gasteiger partial charge in [0, 0.05) is 31.7 Å².